The number of benzene rings is 3. The van der Waals surface area contributed by atoms with Crippen LogP contribution in [0.5, 0.6) is 0 Å². The van der Waals surface area contributed by atoms with Crippen LogP contribution in [0.2, 0.25) is 0 Å². The summed E-state index contributed by atoms with van der Waals surface area (Å²) in [5.74, 6) is -0.960. The average molecular weight is 481 g/mol. The fourth-order valence-electron chi connectivity index (χ4n) is 4.74. The lowest BCUT2D eigenvalue weighted by Gasteiger charge is -2.12. The van der Waals surface area contributed by atoms with E-state index in [4.69, 9.17) is 4.74 Å². The lowest BCUT2D eigenvalue weighted by atomic mass is 9.95. The van der Waals surface area contributed by atoms with E-state index in [1.165, 1.54) is 11.3 Å². The van der Waals surface area contributed by atoms with E-state index >= 15 is 0 Å². The van der Waals surface area contributed by atoms with Crippen LogP contribution in [0.4, 0.5) is 5.00 Å². The molecule has 0 aliphatic heterocycles. The van der Waals surface area contributed by atoms with Crippen LogP contribution in [0.25, 0.3) is 27.6 Å². The highest BCUT2D eigenvalue weighted by atomic mass is 32.1. The molecule has 1 aromatic heterocycles. The summed E-state index contributed by atoms with van der Waals surface area (Å²) in [6, 6.07) is 20.0. The molecule has 0 saturated carbocycles. The fourth-order valence-corrected chi connectivity index (χ4v) is 6.01. The van der Waals surface area contributed by atoms with Crippen molar-refractivity contribution in [1.82, 2.24) is 0 Å². The molecule has 4 aromatic rings. The number of carbonyl (C=O) groups is 2. The van der Waals surface area contributed by atoms with Gasteiger partial charge in [-0.2, -0.15) is 5.26 Å². The third-order valence-corrected chi connectivity index (χ3v) is 7.55. The van der Waals surface area contributed by atoms with E-state index in [-0.39, 0.29) is 12.2 Å². The van der Waals surface area contributed by atoms with Gasteiger partial charge < -0.3 is 10.1 Å². The second-order valence-corrected chi connectivity index (χ2v) is 9.60. The number of nitriles is 1. The first kappa shape index (κ1) is 22.8. The normalized spacial score (nSPS) is 13.3. The number of nitrogens with one attached hydrogen (secondary N) is 1. The first-order chi connectivity index (χ1) is 17.1. The molecule has 1 N–H and O–H groups in total. The number of fused-ring (bicyclic) bond motifs is 3. The second kappa shape index (κ2) is 9.73. The zero-order valence-corrected chi connectivity index (χ0v) is 20.2. The number of hydrogen-bond donors (Lipinski definition) is 1. The number of anilines is 1. The third-order valence-electron chi connectivity index (χ3n) is 6.34. The lowest BCUT2D eigenvalue weighted by Crippen LogP contribution is -2.16. The van der Waals surface area contributed by atoms with Crippen molar-refractivity contribution in [2.45, 2.75) is 32.6 Å². The molecule has 0 radical (unpaired) electrons. The molecule has 1 amide bonds. The molecule has 6 heteroatoms. The van der Waals surface area contributed by atoms with Crippen molar-refractivity contribution in [1.29, 1.82) is 5.26 Å². The smallest absolute Gasteiger partial charge is 0.341 e. The number of hydrogen-bond acceptors (Lipinski definition) is 5. The SMILES string of the molecule is CCOC(=O)c1c(NC(=O)/C(C#N)=C/c2c3ccccc3cc3ccccc23)sc2c1CCCC2. The van der Waals surface area contributed by atoms with Crippen molar-refractivity contribution in [3.63, 3.8) is 0 Å². The minimum atomic E-state index is -0.534. The predicted octanol–water partition coefficient (Wildman–Crippen LogP) is 6.66. The first-order valence-electron chi connectivity index (χ1n) is 11.8. The maximum absolute atomic E-state index is 13.3. The number of nitrogens with zero attached hydrogens (tertiary/aromatic N) is 1. The highest BCUT2D eigenvalue weighted by Crippen LogP contribution is 2.39. The van der Waals surface area contributed by atoms with E-state index in [2.05, 4.69) is 17.5 Å². The summed E-state index contributed by atoms with van der Waals surface area (Å²) in [5, 5.41) is 17.3. The fraction of sp³-hybridized carbons (Fsp3) is 0.207. The Morgan fingerprint density at radius 3 is 2.37 bits per heavy atom. The first-order valence-corrected chi connectivity index (χ1v) is 12.6. The molecule has 0 bridgehead atoms. The number of ether oxygens (including phenoxy) is 1. The van der Waals surface area contributed by atoms with E-state index in [0.29, 0.717) is 10.6 Å². The molecule has 0 saturated heterocycles. The number of rotatable bonds is 5. The Bertz CT molecular complexity index is 1490. The van der Waals surface area contributed by atoms with E-state index in [9.17, 15) is 14.9 Å². The van der Waals surface area contributed by atoms with Crippen molar-refractivity contribution >= 4 is 55.8 Å². The van der Waals surface area contributed by atoms with E-state index in [1.807, 2.05) is 48.5 Å². The minimum absolute atomic E-state index is 0.0207. The molecule has 0 atom stereocenters. The molecular formula is C29H24N2O3S. The number of amides is 1. The van der Waals surface area contributed by atoms with E-state index < -0.39 is 11.9 Å². The predicted molar refractivity (Wildman–Crippen MR) is 141 cm³/mol. The summed E-state index contributed by atoms with van der Waals surface area (Å²) in [7, 11) is 0. The standard InChI is InChI=1S/C29H24N2O3S/c1-2-34-29(33)26-23-13-7-8-14-25(23)35-28(26)31-27(32)20(17-30)16-24-21-11-5-3-9-18(21)15-19-10-4-6-12-22(19)24/h3-6,9-12,15-16H,2,7-8,13-14H2,1H3,(H,31,32)/b20-16+. The van der Waals surface area contributed by atoms with Crippen molar-refractivity contribution < 1.29 is 14.3 Å². The summed E-state index contributed by atoms with van der Waals surface area (Å²) in [6.07, 6.45) is 5.38. The summed E-state index contributed by atoms with van der Waals surface area (Å²) >= 11 is 1.41. The Kier molecular flexibility index (Phi) is 6.35. The number of aryl methyl sites for hydroxylation is 1. The Morgan fingerprint density at radius 2 is 1.71 bits per heavy atom. The van der Waals surface area contributed by atoms with Crippen LogP contribution in [0.15, 0.2) is 60.2 Å². The van der Waals surface area contributed by atoms with Crippen LogP contribution >= 0.6 is 11.3 Å². The molecule has 1 aliphatic rings. The highest BCUT2D eigenvalue weighted by Gasteiger charge is 2.28. The average Bonchev–Trinajstić information content (AvgIpc) is 3.24. The molecule has 5 nitrogen and oxygen atoms in total. The molecular weight excluding hydrogens is 456 g/mol. The van der Waals surface area contributed by atoms with Gasteiger partial charge in [0.15, 0.2) is 0 Å². The summed E-state index contributed by atoms with van der Waals surface area (Å²) < 4.78 is 5.29. The van der Waals surface area contributed by atoms with Gasteiger partial charge >= 0.3 is 5.97 Å². The largest absolute Gasteiger partial charge is 0.462 e. The third kappa shape index (κ3) is 4.31. The molecule has 3 aromatic carbocycles. The molecule has 5 rings (SSSR count). The van der Waals surface area contributed by atoms with Crippen molar-refractivity contribution in [3.8, 4) is 6.07 Å². The van der Waals surface area contributed by atoms with Crippen LogP contribution in [0, 0.1) is 11.3 Å². The number of esters is 1. The van der Waals surface area contributed by atoms with Gasteiger partial charge in [0.1, 0.15) is 16.6 Å². The van der Waals surface area contributed by atoms with Gasteiger partial charge in [-0.25, -0.2) is 4.79 Å². The zero-order chi connectivity index (χ0) is 24.4. The van der Waals surface area contributed by atoms with Gasteiger partial charge in [0.05, 0.1) is 12.2 Å². The molecule has 174 valence electrons. The lowest BCUT2D eigenvalue weighted by molar-refractivity contribution is -0.112. The van der Waals surface area contributed by atoms with Gasteiger partial charge in [-0.05, 0) is 77.4 Å². The van der Waals surface area contributed by atoms with E-state index in [0.717, 1.165) is 63.2 Å². The van der Waals surface area contributed by atoms with Gasteiger partial charge in [-0.1, -0.05) is 48.5 Å². The Balaban J connectivity index is 1.58. The molecule has 0 spiro atoms. The van der Waals surface area contributed by atoms with Gasteiger partial charge in [0.25, 0.3) is 5.91 Å². The van der Waals surface area contributed by atoms with Crippen LogP contribution in [0.3, 0.4) is 0 Å². The maximum atomic E-state index is 13.3. The van der Waals surface area contributed by atoms with Crippen LogP contribution in [-0.4, -0.2) is 18.5 Å². The molecule has 0 fully saturated rings. The number of thiophene rings is 1. The quantitative estimate of drug-likeness (QED) is 0.150. The minimum Gasteiger partial charge on any atom is -0.462 e. The van der Waals surface area contributed by atoms with Crippen molar-refractivity contribution in [3.05, 3.63) is 81.7 Å². The number of carbonyl (C=O) groups excluding carboxylic acids is 2. The highest BCUT2D eigenvalue weighted by molar-refractivity contribution is 7.17. The van der Waals surface area contributed by atoms with Crippen LogP contribution < -0.4 is 5.32 Å². The summed E-state index contributed by atoms with van der Waals surface area (Å²) in [6.45, 7) is 2.02. The van der Waals surface area contributed by atoms with Crippen molar-refractivity contribution in [2.75, 3.05) is 11.9 Å². The Morgan fingerprint density at radius 1 is 1.06 bits per heavy atom. The second-order valence-electron chi connectivity index (χ2n) is 8.49. The molecule has 35 heavy (non-hydrogen) atoms. The van der Waals surface area contributed by atoms with Gasteiger partial charge in [-0.3, -0.25) is 4.79 Å². The van der Waals surface area contributed by atoms with Crippen molar-refractivity contribution in [2.24, 2.45) is 0 Å². The monoisotopic (exact) mass is 480 g/mol. The Labute approximate surface area is 207 Å². The van der Waals surface area contributed by atoms with E-state index in [1.54, 1.807) is 13.0 Å². The van der Waals surface area contributed by atoms with Gasteiger partial charge in [-0.15, -0.1) is 11.3 Å². The molecule has 1 aliphatic carbocycles. The van der Waals surface area contributed by atoms with Gasteiger partial charge in [0.2, 0.25) is 0 Å². The van der Waals surface area contributed by atoms with Crippen LogP contribution in [-0.2, 0) is 22.4 Å². The Hall–Kier alpha value is -3.95. The van der Waals surface area contributed by atoms with Crippen LogP contribution in [0.1, 0.15) is 46.1 Å². The topological polar surface area (TPSA) is 79.2 Å². The zero-order valence-electron chi connectivity index (χ0n) is 19.4. The molecule has 1 heterocycles. The summed E-state index contributed by atoms with van der Waals surface area (Å²) in [5.41, 5.74) is 2.21. The van der Waals surface area contributed by atoms with Gasteiger partial charge in [0, 0.05) is 4.88 Å². The molecule has 0 unspecified atom stereocenters. The maximum Gasteiger partial charge on any atom is 0.341 e. The summed E-state index contributed by atoms with van der Waals surface area (Å²) in [4.78, 5) is 27.2.